The average Bonchev–Trinajstić information content (AvgIpc) is 3.28. The van der Waals surface area contributed by atoms with Crippen LogP contribution in [0.15, 0.2) is 23.2 Å². The fraction of sp³-hybridized carbons (Fsp3) is 0.526. The van der Waals surface area contributed by atoms with Crippen molar-refractivity contribution in [3.63, 3.8) is 0 Å². The zero-order valence-electron chi connectivity index (χ0n) is 16.0. The predicted octanol–water partition coefficient (Wildman–Crippen LogP) is 3.24. The molecule has 0 bridgehead atoms. The van der Waals surface area contributed by atoms with Crippen LogP contribution in [0.5, 0.6) is 0 Å². The highest BCUT2D eigenvalue weighted by molar-refractivity contribution is 6.32. The van der Waals surface area contributed by atoms with Gasteiger partial charge in [-0.15, -0.1) is 0 Å². The van der Waals surface area contributed by atoms with E-state index in [1.165, 1.54) is 12.1 Å². The van der Waals surface area contributed by atoms with Crippen molar-refractivity contribution in [3.8, 4) is 12.1 Å². The van der Waals surface area contributed by atoms with E-state index in [0.29, 0.717) is 18.4 Å². The monoisotopic (exact) mass is 417 g/mol. The molecule has 0 amide bonds. The van der Waals surface area contributed by atoms with Crippen LogP contribution in [0.1, 0.15) is 38.2 Å². The maximum Gasteiger partial charge on any atom is 0.293 e. The largest absolute Gasteiger partial charge is 0.386 e. The Labute approximate surface area is 172 Å². The molecule has 152 valence electrons. The van der Waals surface area contributed by atoms with Gasteiger partial charge < -0.3 is 15.2 Å². The Morgan fingerprint density at radius 1 is 1.28 bits per heavy atom. The lowest BCUT2D eigenvalue weighted by molar-refractivity contribution is -0.384. The van der Waals surface area contributed by atoms with Crippen LogP contribution in [0.2, 0.25) is 5.02 Å². The van der Waals surface area contributed by atoms with Crippen LogP contribution in [0.3, 0.4) is 0 Å². The summed E-state index contributed by atoms with van der Waals surface area (Å²) in [5.41, 5.74) is 3.15. The number of benzene rings is 1. The van der Waals surface area contributed by atoms with Gasteiger partial charge in [-0.3, -0.25) is 10.1 Å². The summed E-state index contributed by atoms with van der Waals surface area (Å²) < 4.78 is 11.8. The summed E-state index contributed by atoms with van der Waals surface area (Å²) in [5, 5.41) is 31.6. The lowest BCUT2D eigenvalue weighted by Gasteiger charge is -2.32. The van der Waals surface area contributed by atoms with Gasteiger partial charge in [0.2, 0.25) is 0 Å². The highest BCUT2D eigenvalue weighted by Gasteiger charge is 2.93. The average molecular weight is 418 g/mol. The molecule has 3 rings (SSSR count). The number of hydrogen-bond donors (Lipinski definition) is 1. The second-order valence-corrected chi connectivity index (χ2v) is 7.42. The van der Waals surface area contributed by atoms with Gasteiger partial charge in [0.15, 0.2) is 5.41 Å². The Kier molecular flexibility index (Phi) is 5.26. The number of fused-ring (bicyclic) bond motifs is 1. The summed E-state index contributed by atoms with van der Waals surface area (Å²) in [7, 11) is 0. The quantitative estimate of drug-likeness (QED) is 0.387. The van der Waals surface area contributed by atoms with Crippen molar-refractivity contribution in [2.24, 2.45) is 21.6 Å². The zero-order chi connectivity index (χ0) is 21.4. The van der Waals surface area contributed by atoms with E-state index >= 15 is 0 Å². The predicted molar refractivity (Wildman–Crippen MR) is 104 cm³/mol. The molecule has 10 heteroatoms. The number of nitro groups is 1. The van der Waals surface area contributed by atoms with Gasteiger partial charge in [0.1, 0.15) is 16.3 Å². The molecule has 1 heterocycles. The molecular formula is C19H20ClN5O4. The Hall–Kier alpha value is -2.72. The number of nitrogens with two attached hydrogens (primary N) is 1. The number of aliphatic imine (C=N–C) groups is 1. The third-order valence-electron chi connectivity index (χ3n) is 5.43. The maximum atomic E-state index is 11.3. The zero-order valence-corrected chi connectivity index (χ0v) is 16.8. The summed E-state index contributed by atoms with van der Waals surface area (Å²) in [5.74, 6) is -2.64. The van der Waals surface area contributed by atoms with Crippen LogP contribution >= 0.6 is 11.6 Å². The van der Waals surface area contributed by atoms with Crippen molar-refractivity contribution >= 4 is 23.1 Å². The first-order valence-corrected chi connectivity index (χ1v) is 9.59. The summed E-state index contributed by atoms with van der Waals surface area (Å²) in [4.78, 5) is 15.0. The van der Waals surface area contributed by atoms with Gasteiger partial charge in [-0.2, -0.15) is 10.5 Å². The number of halogens is 1. The van der Waals surface area contributed by atoms with Gasteiger partial charge in [0, 0.05) is 12.0 Å². The van der Waals surface area contributed by atoms with Crippen LogP contribution in [0.25, 0.3) is 0 Å². The molecule has 2 aliphatic rings. The van der Waals surface area contributed by atoms with E-state index in [2.05, 4.69) is 17.1 Å². The highest BCUT2D eigenvalue weighted by atomic mass is 35.5. The molecule has 3 unspecified atom stereocenters. The van der Waals surface area contributed by atoms with E-state index in [-0.39, 0.29) is 29.8 Å². The van der Waals surface area contributed by atoms with Gasteiger partial charge in [0.25, 0.3) is 11.6 Å². The number of rotatable bonds is 8. The molecule has 1 saturated carbocycles. The summed E-state index contributed by atoms with van der Waals surface area (Å²) in [6.07, 6.45) is 1.26. The number of ether oxygens (including phenoxy) is 2. The second kappa shape index (κ2) is 7.27. The molecule has 1 aliphatic carbocycles. The molecule has 0 radical (unpaired) electrons. The SMILES string of the molecule is CCCOC1(OCCC)N=C(N)C2(C#N)C(c3ccc(Cl)c([N+](=O)[O-])c3)C12C#N. The van der Waals surface area contributed by atoms with Crippen molar-refractivity contribution in [1.82, 2.24) is 0 Å². The Morgan fingerprint density at radius 2 is 1.90 bits per heavy atom. The van der Waals surface area contributed by atoms with Crippen LogP contribution in [0.4, 0.5) is 5.69 Å². The molecule has 3 atom stereocenters. The maximum absolute atomic E-state index is 11.3. The lowest BCUT2D eigenvalue weighted by atomic mass is 9.93. The van der Waals surface area contributed by atoms with E-state index in [1.54, 1.807) is 6.07 Å². The molecule has 0 saturated heterocycles. The van der Waals surface area contributed by atoms with Gasteiger partial charge in [-0.25, -0.2) is 4.99 Å². The van der Waals surface area contributed by atoms with Crippen molar-refractivity contribution in [2.45, 2.75) is 38.5 Å². The van der Waals surface area contributed by atoms with E-state index in [4.69, 9.17) is 26.8 Å². The lowest BCUT2D eigenvalue weighted by Crippen LogP contribution is -2.44. The molecule has 1 fully saturated rings. The Bertz CT molecular complexity index is 960. The number of nitriles is 2. The van der Waals surface area contributed by atoms with Crippen molar-refractivity contribution in [1.29, 1.82) is 10.5 Å². The van der Waals surface area contributed by atoms with E-state index in [0.717, 1.165) is 0 Å². The third-order valence-corrected chi connectivity index (χ3v) is 5.75. The molecule has 1 aliphatic heterocycles. The van der Waals surface area contributed by atoms with Crippen molar-refractivity contribution < 1.29 is 14.4 Å². The summed E-state index contributed by atoms with van der Waals surface area (Å²) in [6, 6.07) is 8.51. The molecule has 29 heavy (non-hydrogen) atoms. The number of hydrogen-bond acceptors (Lipinski definition) is 8. The van der Waals surface area contributed by atoms with Gasteiger partial charge in [-0.05, 0) is 24.5 Å². The molecule has 2 N–H and O–H groups in total. The van der Waals surface area contributed by atoms with Gasteiger partial charge in [0.05, 0.1) is 30.3 Å². The molecular weight excluding hydrogens is 398 g/mol. The van der Waals surface area contributed by atoms with Crippen LogP contribution in [0, 0.1) is 43.6 Å². The number of nitrogens with zero attached hydrogens (tertiary/aromatic N) is 4. The topological polar surface area (TPSA) is 148 Å². The number of amidine groups is 1. The molecule has 0 spiro atoms. The normalized spacial score (nSPS) is 28.7. The molecule has 0 aromatic heterocycles. The summed E-state index contributed by atoms with van der Waals surface area (Å²) >= 11 is 5.93. The summed E-state index contributed by atoms with van der Waals surface area (Å²) in [6.45, 7) is 4.25. The van der Waals surface area contributed by atoms with Crippen molar-refractivity contribution in [3.05, 3.63) is 38.9 Å². The first-order chi connectivity index (χ1) is 13.8. The minimum absolute atomic E-state index is 0.0426. The number of nitro benzene ring substituents is 1. The van der Waals surface area contributed by atoms with Gasteiger partial charge in [-0.1, -0.05) is 31.5 Å². The Morgan fingerprint density at radius 3 is 2.38 bits per heavy atom. The van der Waals surface area contributed by atoms with Crippen LogP contribution in [-0.4, -0.2) is 29.9 Å². The molecule has 9 nitrogen and oxygen atoms in total. The standard InChI is InChI=1S/C19H20ClN5O4/c1-3-7-28-19(29-8-4-2)18(11-22)15(17(18,10-21)16(23)24-19)12-5-6-13(20)14(9-12)25(26)27/h5-6,9,15H,3-4,7-8H2,1-2H3,(H2,23,24). The second-order valence-electron chi connectivity index (χ2n) is 7.02. The van der Waals surface area contributed by atoms with E-state index < -0.39 is 27.6 Å². The first-order valence-electron chi connectivity index (χ1n) is 9.21. The van der Waals surface area contributed by atoms with Crippen LogP contribution in [-0.2, 0) is 9.47 Å². The first kappa shape index (κ1) is 21.0. The fourth-order valence-corrected chi connectivity index (χ4v) is 4.37. The van der Waals surface area contributed by atoms with E-state index in [1.807, 2.05) is 13.8 Å². The minimum Gasteiger partial charge on any atom is -0.386 e. The van der Waals surface area contributed by atoms with Gasteiger partial charge >= 0.3 is 0 Å². The van der Waals surface area contributed by atoms with Crippen LogP contribution < -0.4 is 5.73 Å². The molecule has 1 aromatic carbocycles. The minimum atomic E-state index is -1.76. The van der Waals surface area contributed by atoms with E-state index in [9.17, 15) is 20.6 Å². The third kappa shape index (κ3) is 2.55. The fourth-order valence-electron chi connectivity index (χ4n) is 4.19. The van der Waals surface area contributed by atoms with Crippen molar-refractivity contribution in [2.75, 3.05) is 13.2 Å². The highest BCUT2D eigenvalue weighted by Crippen LogP contribution is 2.82. The smallest absolute Gasteiger partial charge is 0.293 e. The molecule has 1 aromatic rings. The Balaban J connectivity index is 2.20.